The molecule has 0 aliphatic rings. The second-order valence-corrected chi connectivity index (χ2v) is 4.63. The van der Waals surface area contributed by atoms with Gasteiger partial charge in [0.2, 0.25) is 5.76 Å². The van der Waals surface area contributed by atoms with Crippen molar-refractivity contribution in [2.75, 3.05) is 14.2 Å². The molecule has 3 aromatic rings. The first-order valence-electron chi connectivity index (χ1n) is 6.51. The highest BCUT2D eigenvalue weighted by Gasteiger charge is 2.12. The molecule has 21 heavy (non-hydrogen) atoms. The van der Waals surface area contributed by atoms with E-state index in [9.17, 15) is 4.79 Å². The first-order chi connectivity index (χ1) is 10.2. The average Bonchev–Trinajstić information content (AvgIpc) is 3.14. The van der Waals surface area contributed by atoms with Gasteiger partial charge in [-0.2, -0.15) is 0 Å². The van der Waals surface area contributed by atoms with Crippen LogP contribution in [0.4, 0.5) is 0 Å². The van der Waals surface area contributed by atoms with Crippen LogP contribution in [0.5, 0.6) is 5.75 Å². The normalized spacial score (nSPS) is 10.8. The van der Waals surface area contributed by atoms with Gasteiger partial charge in [0.1, 0.15) is 11.5 Å². The van der Waals surface area contributed by atoms with E-state index in [1.54, 1.807) is 19.2 Å². The molecule has 2 heterocycles. The third kappa shape index (κ3) is 2.50. The highest BCUT2D eigenvalue weighted by Crippen LogP contribution is 2.23. The minimum absolute atomic E-state index is 0.214. The number of nitrogens with zero attached hydrogens (tertiary/aromatic N) is 1. The van der Waals surface area contributed by atoms with E-state index in [0.29, 0.717) is 12.3 Å². The van der Waals surface area contributed by atoms with Crippen LogP contribution in [0.3, 0.4) is 0 Å². The summed E-state index contributed by atoms with van der Waals surface area (Å²) in [6.45, 7) is 0.548. The van der Waals surface area contributed by atoms with Crippen LogP contribution in [0.2, 0.25) is 0 Å². The van der Waals surface area contributed by atoms with Crippen molar-refractivity contribution < 1.29 is 18.7 Å². The summed E-state index contributed by atoms with van der Waals surface area (Å²) >= 11 is 0. The molecule has 0 unspecified atom stereocenters. The summed E-state index contributed by atoms with van der Waals surface area (Å²) in [5.74, 6) is 1.27. The van der Waals surface area contributed by atoms with Crippen LogP contribution in [0.1, 0.15) is 16.3 Å². The van der Waals surface area contributed by atoms with Crippen molar-refractivity contribution in [2.45, 2.75) is 6.54 Å². The molecule has 0 bridgehead atoms. The number of rotatable bonds is 4. The molecule has 0 atom stereocenters. The predicted molar refractivity (Wildman–Crippen MR) is 77.6 cm³/mol. The van der Waals surface area contributed by atoms with Crippen LogP contribution in [-0.4, -0.2) is 24.8 Å². The fraction of sp³-hybridized carbons (Fsp3) is 0.188. The Morgan fingerprint density at radius 3 is 2.81 bits per heavy atom. The molecule has 0 aliphatic heterocycles. The van der Waals surface area contributed by atoms with E-state index < -0.39 is 5.97 Å². The van der Waals surface area contributed by atoms with Crippen molar-refractivity contribution in [3.8, 4) is 5.75 Å². The highest BCUT2D eigenvalue weighted by molar-refractivity contribution is 5.86. The van der Waals surface area contributed by atoms with Gasteiger partial charge in [-0.15, -0.1) is 0 Å². The number of esters is 1. The lowest BCUT2D eigenvalue weighted by Crippen LogP contribution is -1.99. The first-order valence-corrected chi connectivity index (χ1v) is 6.51. The Labute approximate surface area is 121 Å². The van der Waals surface area contributed by atoms with Gasteiger partial charge in [0.25, 0.3) is 0 Å². The van der Waals surface area contributed by atoms with Gasteiger partial charge in [0.05, 0.1) is 20.8 Å². The van der Waals surface area contributed by atoms with Gasteiger partial charge in [0.15, 0.2) is 0 Å². The minimum Gasteiger partial charge on any atom is -0.497 e. The third-order valence-electron chi connectivity index (χ3n) is 3.35. The summed E-state index contributed by atoms with van der Waals surface area (Å²) in [6, 6.07) is 11.3. The highest BCUT2D eigenvalue weighted by atomic mass is 16.5. The van der Waals surface area contributed by atoms with E-state index in [1.807, 2.05) is 30.5 Å². The summed E-state index contributed by atoms with van der Waals surface area (Å²) < 4.78 is 17.4. The Morgan fingerprint density at radius 1 is 1.19 bits per heavy atom. The molecule has 5 nitrogen and oxygen atoms in total. The number of aromatic nitrogens is 1. The number of carbonyl (C=O) groups is 1. The fourth-order valence-corrected chi connectivity index (χ4v) is 2.28. The molecular weight excluding hydrogens is 270 g/mol. The van der Waals surface area contributed by atoms with Gasteiger partial charge >= 0.3 is 5.97 Å². The van der Waals surface area contributed by atoms with E-state index >= 15 is 0 Å². The second-order valence-electron chi connectivity index (χ2n) is 4.63. The summed E-state index contributed by atoms with van der Waals surface area (Å²) in [5, 5.41) is 1.09. The summed E-state index contributed by atoms with van der Waals surface area (Å²) in [6.07, 6.45) is 1.98. The lowest BCUT2D eigenvalue weighted by atomic mass is 10.2. The summed E-state index contributed by atoms with van der Waals surface area (Å²) in [4.78, 5) is 11.4. The molecule has 0 N–H and O–H groups in total. The lowest BCUT2D eigenvalue weighted by Gasteiger charge is -2.04. The van der Waals surface area contributed by atoms with E-state index in [-0.39, 0.29) is 5.76 Å². The largest absolute Gasteiger partial charge is 0.497 e. The number of ether oxygens (including phenoxy) is 2. The number of hydrogen-bond donors (Lipinski definition) is 0. The number of carbonyl (C=O) groups excluding carboxylic acids is 1. The average molecular weight is 285 g/mol. The standard InChI is InChI=1S/C16H15NO4/c1-19-12-3-5-14-11(9-12)7-8-17(14)10-13-4-6-15(21-13)16(18)20-2/h3-9H,10H2,1-2H3. The van der Waals surface area contributed by atoms with Crippen molar-refractivity contribution in [3.63, 3.8) is 0 Å². The molecule has 108 valence electrons. The maximum absolute atomic E-state index is 11.4. The smallest absolute Gasteiger partial charge is 0.373 e. The Balaban J connectivity index is 1.88. The number of furan rings is 1. The van der Waals surface area contributed by atoms with E-state index in [2.05, 4.69) is 9.30 Å². The van der Waals surface area contributed by atoms with Crippen LogP contribution < -0.4 is 4.74 Å². The maximum Gasteiger partial charge on any atom is 0.373 e. The zero-order chi connectivity index (χ0) is 14.8. The van der Waals surface area contributed by atoms with Crippen molar-refractivity contribution >= 4 is 16.9 Å². The maximum atomic E-state index is 11.4. The van der Waals surface area contributed by atoms with Gasteiger partial charge < -0.3 is 18.5 Å². The number of hydrogen-bond acceptors (Lipinski definition) is 4. The second kappa shape index (κ2) is 5.36. The van der Waals surface area contributed by atoms with Gasteiger partial charge in [-0.05, 0) is 36.4 Å². The molecular formula is C16H15NO4. The van der Waals surface area contributed by atoms with Gasteiger partial charge in [-0.25, -0.2) is 4.79 Å². The van der Waals surface area contributed by atoms with Crippen molar-refractivity contribution in [1.29, 1.82) is 0 Å². The van der Waals surface area contributed by atoms with Crippen LogP contribution in [0.15, 0.2) is 47.0 Å². The summed E-state index contributed by atoms with van der Waals surface area (Å²) in [5.41, 5.74) is 1.08. The van der Waals surface area contributed by atoms with Crippen LogP contribution in [0.25, 0.3) is 10.9 Å². The van der Waals surface area contributed by atoms with Gasteiger partial charge in [-0.3, -0.25) is 0 Å². The number of methoxy groups -OCH3 is 2. The van der Waals surface area contributed by atoms with Gasteiger partial charge in [-0.1, -0.05) is 0 Å². The Bertz CT molecular complexity index is 785. The van der Waals surface area contributed by atoms with E-state index in [1.165, 1.54) is 7.11 Å². The molecule has 0 fully saturated rings. The Morgan fingerprint density at radius 2 is 2.05 bits per heavy atom. The number of benzene rings is 1. The molecule has 0 amide bonds. The lowest BCUT2D eigenvalue weighted by molar-refractivity contribution is 0.0563. The molecule has 2 aromatic heterocycles. The molecule has 0 aliphatic carbocycles. The SMILES string of the molecule is COC(=O)c1ccc(Cn2ccc3cc(OC)ccc32)o1. The predicted octanol–water partition coefficient (Wildman–Crippen LogP) is 3.08. The molecule has 0 radical (unpaired) electrons. The van der Waals surface area contributed by atoms with Crippen LogP contribution >= 0.6 is 0 Å². The quantitative estimate of drug-likeness (QED) is 0.691. The monoisotopic (exact) mass is 285 g/mol. The fourth-order valence-electron chi connectivity index (χ4n) is 2.28. The van der Waals surface area contributed by atoms with Crippen molar-refractivity contribution in [2.24, 2.45) is 0 Å². The van der Waals surface area contributed by atoms with Gasteiger partial charge in [0, 0.05) is 17.1 Å². The Kier molecular flexibility index (Phi) is 3.39. The Hall–Kier alpha value is -2.69. The molecule has 5 heteroatoms. The topological polar surface area (TPSA) is 53.6 Å². The first kappa shape index (κ1) is 13.3. The van der Waals surface area contributed by atoms with Crippen LogP contribution in [0, 0.1) is 0 Å². The zero-order valence-corrected chi connectivity index (χ0v) is 11.8. The number of fused-ring (bicyclic) bond motifs is 1. The van der Waals surface area contributed by atoms with Crippen LogP contribution in [-0.2, 0) is 11.3 Å². The molecule has 0 saturated carbocycles. The van der Waals surface area contributed by atoms with Crippen molar-refractivity contribution in [1.82, 2.24) is 4.57 Å². The summed E-state index contributed by atoms with van der Waals surface area (Å²) in [7, 11) is 2.98. The third-order valence-corrected chi connectivity index (χ3v) is 3.35. The zero-order valence-electron chi connectivity index (χ0n) is 11.8. The minimum atomic E-state index is -0.469. The van der Waals surface area contributed by atoms with E-state index in [4.69, 9.17) is 9.15 Å². The molecule has 0 spiro atoms. The van der Waals surface area contributed by atoms with Crippen molar-refractivity contribution in [3.05, 3.63) is 54.1 Å². The van der Waals surface area contributed by atoms with E-state index in [0.717, 1.165) is 16.7 Å². The molecule has 0 saturated heterocycles. The molecule has 3 rings (SSSR count). The molecule has 1 aromatic carbocycles.